The normalized spacial score (nSPS) is 17.3. The fraction of sp³-hybridized carbons (Fsp3) is 0.667. The molecule has 1 aliphatic heterocycles. The number of ether oxygens (including phenoxy) is 1. The minimum atomic E-state index is 0.557. The number of nitrogens with zero attached hydrogens (tertiary/aromatic N) is 2. The highest BCUT2D eigenvalue weighted by atomic mass is 16.5. The molecule has 1 aromatic heterocycles. The number of anilines is 2. The molecule has 1 fully saturated rings. The average Bonchev–Trinajstić information content (AvgIpc) is 2.48. The Balaban J connectivity index is 1.93. The first-order valence-electron chi connectivity index (χ1n) is 7.38. The first kappa shape index (κ1) is 14.1. The molecule has 1 N–H and O–H groups in total. The lowest BCUT2D eigenvalue weighted by molar-refractivity contribution is 0.122. The van der Waals surface area contributed by atoms with Crippen molar-refractivity contribution < 1.29 is 4.74 Å². The molecule has 1 aliphatic rings. The topological polar surface area (TPSA) is 37.4 Å². The Morgan fingerprint density at radius 2 is 2.11 bits per heavy atom. The van der Waals surface area contributed by atoms with Crippen LogP contribution in [0.15, 0.2) is 18.3 Å². The van der Waals surface area contributed by atoms with Gasteiger partial charge >= 0.3 is 0 Å². The van der Waals surface area contributed by atoms with Crippen molar-refractivity contribution in [3.05, 3.63) is 18.3 Å². The van der Waals surface area contributed by atoms with Crippen LogP contribution in [0.5, 0.6) is 0 Å². The molecule has 19 heavy (non-hydrogen) atoms. The number of hydrogen-bond donors (Lipinski definition) is 1. The fourth-order valence-electron chi connectivity index (χ4n) is 2.41. The number of hydrogen-bond acceptors (Lipinski definition) is 4. The first-order valence-corrected chi connectivity index (χ1v) is 7.38. The molecule has 0 amide bonds. The molecule has 2 heterocycles. The summed E-state index contributed by atoms with van der Waals surface area (Å²) in [6.45, 7) is 7.93. The second-order valence-electron chi connectivity index (χ2n) is 5.04. The third kappa shape index (κ3) is 4.10. The number of pyridine rings is 1. The standard InChI is InChI=1S/C15H25N3O/c1-3-5-13(4-2)17-14-6-7-15(16-12-14)18-8-10-19-11-9-18/h6-7,12-13,17H,3-5,8-11H2,1-2H3. The van der Waals surface area contributed by atoms with E-state index in [2.05, 4.69) is 41.2 Å². The van der Waals surface area contributed by atoms with Crippen LogP contribution >= 0.6 is 0 Å². The molecule has 1 unspecified atom stereocenters. The maximum atomic E-state index is 5.36. The zero-order valence-corrected chi connectivity index (χ0v) is 12.1. The van der Waals surface area contributed by atoms with Gasteiger partial charge in [0.05, 0.1) is 25.1 Å². The smallest absolute Gasteiger partial charge is 0.128 e. The van der Waals surface area contributed by atoms with E-state index in [0.717, 1.165) is 44.2 Å². The molecule has 1 saturated heterocycles. The molecular weight excluding hydrogens is 238 g/mol. The van der Waals surface area contributed by atoms with Gasteiger partial charge in [-0.25, -0.2) is 4.98 Å². The van der Waals surface area contributed by atoms with E-state index in [1.165, 1.54) is 12.8 Å². The first-order chi connectivity index (χ1) is 9.33. The van der Waals surface area contributed by atoms with Crippen LogP contribution in [0, 0.1) is 0 Å². The third-order valence-electron chi connectivity index (χ3n) is 3.58. The van der Waals surface area contributed by atoms with Gasteiger partial charge in [-0.05, 0) is 25.0 Å². The zero-order valence-electron chi connectivity index (χ0n) is 12.1. The number of nitrogens with one attached hydrogen (secondary N) is 1. The van der Waals surface area contributed by atoms with E-state index < -0.39 is 0 Å². The van der Waals surface area contributed by atoms with Gasteiger partial charge in [-0.3, -0.25) is 0 Å². The van der Waals surface area contributed by atoms with Gasteiger partial charge in [0.25, 0.3) is 0 Å². The van der Waals surface area contributed by atoms with Crippen LogP contribution in [0.4, 0.5) is 11.5 Å². The van der Waals surface area contributed by atoms with Crippen LogP contribution in [0.2, 0.25) is 0 Å². The Morgan fingerprint density at radius 3 is 2.68 bits per heavy atom. The van der Waals surface area contributed by atoms with Gasteiger partial charge < -0.3 is 15.0 Å². The molecule has 0 spiro atoms. The predicted octanol–water partition coefficient (Wildman–Crippen LogP) is 2.91. The van der Waals surface area contributed by atoms with Gasteiger partial charge in [0.15, 0.2) is 0 Å². The zero-order chi connectivity index (χ0) is 13.5. The lowest BCUT2D eigenvalue weighted by atomic mass is 10.1. The highest BCUT2D eigenvalue weighted by Gasteiger charge is 2.12. The minimum Gasteiger partial charge on any atom is -0.381 e. The van der Waals surface area contributed by atoms with Crippen molar-refractivity contribution in [1.29, 1.82) is 0 Å². The van der Waals surface area contributed by atoms with Crippen molar-refractivity contribution in [2.24, 2.45) is 0 Å². The van der Waals surface area contributed by atoms with Crippen molar-refractivity contribution in [2.45, 2.75) is 39.2 Å². The van der Waals surface area contributed by atoms with E-state index in [1.807, 2.05) is 6.20 Å². The third-order valence-corrected chi connectivity index (χ3v) is 3.58. The van der Waals surface area contributed by atoms with E-state index >= 15 is 0 Å². The summed E-state index contributed by atoms with van der Waals surface area (Å²) < 4.78 is 5.36. The summed E-state index contributed by atoms with van der Waals surface area (Å²) in [6, 6.07) is 4.80. The Bertz CT molecular complexity index is 360. The number of rotatable bonds is 6. The monoisotopic (exact) mass is 263 g/mol. The van der Waals surface area contributed by atoms with Crippen LogP contribution in [-0.2, 0) is 4.74 Å². The summed E-state index contributed by atoms with van der Waals surface area (Å²) in [5, 5.41) is 3.55. The highest BCUT2D eigenvalue weighted by Crippen LogP contribution is 2.17. The maximum absolute atomic E-state index is 5.36. The van der Waals surface area contributed by atoms with Gasteiger partial charge in [0.2, 0.25) is 0 Å². The quantitative estimate of drug-likeness (QED) is 0.856. The molecule has 4 heteroatoms. The summed E-state index contributed by atoms with van der Waals surface area (Å²) >= 11 is 0. The van der Waals surface area contributed by atoms with Crippen LogP contribution < -0.4 is 10.2 Å². The van der Waals surface area contributed by atoms with E-state index in [-0.39, 0.29) is 0 Å². The second-order valence-corrected chi connectivity index (χ2v) is 5.04. The van der Waals surface area contributed by atoms with Crippen LogP contribution in [0.25, 0.3) is 0 Å². The number of morpholine rings is 1. The molecule has 0 saturated carbocycles. The van der Waals surface area contributed by atoms with Gasteiger partial charge in [-0.2, -0.15) is 0 Å². The SMILES string of the molecule is CCCC(CC)Nc1ccc(N2CCOCC2)nc1. The highest BCUT2D eigenvalue weighted by molar-refractivity contribution is 5.49. The minimum absolute atomic E-state index is 0.557. The molecule has 0 aliphatic carbocycles. The van der Waals surface area contributed by atoms with Gasteiger partial charge in [0.1, 0.15) is 5.82 Å². The van der Waals surface area contributed by atoms with Crippen LogP contribution in [0.3, 0.4) is 0 Å². The van der Waals surface area contributed by atoms with Crippen molar-refractivity contribution in [1.82, 2.24) is 4.98 Å². The molecule has 0 aromatic carbocycles. The second kappa shape index (κ2) is 7.34. The Hall–Kier alpha value is -1.29. The molecule has 4 nitrogen and oxygen atoms in total. The van der Waals surface area contributed by atoms with Crippen molar-refractivity contribution >= 4 is 11.5 Å². The molecule has 0 bridgehead atoms. The summed E-state index contributed by atoms with van der Waals surface area (Å²) in [6.07, 6.45) is 5.52. The average molecular weight is 263 g/mol. The van der Waals surface area contributed by atoms with Crippen molar-refractivity contribution in [2.75, 3.05) is 36.5 Å². The fourth-order valence-corrected chi connectivity index (χ4v) is 2.41. The van der Waals surface area contributed by atoms with E-state index in [0.29, 0.717) is 6.04 Å². The Labute approximate surface area is 116 Å². The van der Waals surface area contributed by atoms with Gasteiger partial charge in [-0.15, -0.1) is 0 Å². The summed E-state index contributed by atoms with van der Waals surface area (Å²) in [7, 11) is 0. The Kier molecular flexibility index (Phi) is 5.45. The maximum Gasteiger partial charge on any atom is 0.128 e. The molecule has 0 radical (unpaired) electrons. The largest absolute Gasteiger partial charge is 0.381 e. The van der Waals surface area contributed by atoms with E-state index in [9.17, 15) is 0 Å². The lowest BCUT2D eigenvalue weighted by Gasteiger charge is -2.28. The molecule has 1 atom stereocenters. The molecule has 1 aromatic rings. The van der Waals surface area contributed by atoms with Crippen LogP contribution in [-0.4, -0.2) is 37.3 Å². The molecular formula is C15H25N3O. The number of aromatic nitrogens is 1. The van der Waals surface area contributed by atoms with Crippen LogP contribution in [0.1, 0.15) is 33.1 Å². The molecule has 106 valence electrons. The van der Waals surface area contributed by atoms with Crippen molar-refractivity contribution in [3.63, 3.8) is 0 Å². The summed E-state index contributed by atoms with van der Waals surface area (Å²) in [5.74, 6) is 1.05. The molecule has 2 rings (SSSR count). The van der Waals surface area contributed by atoms with E-state index in [1.54, 1.807) is 0 Å². The summed E-state index contributed by atoms with van der Waals surface area (Å²) in [4.78, 5) is 6.83. The van der Waals surface area contributed by atoms with Crippen molar-refractivity contribution in [3.8, 4) is 0 Å². The predicted molar refractivity (Wildman–Crippen MR) is 79.9 cm³/mol. The van der Waals surface area contributed by atoms with Gasteiger partial charge in [0, 0.05) is 19.1 Å². The lowest BCUT2D eigenvalue weighted by Crippen LogP contribution is -2.36. The Morgan fingerprint density at radius 1 is 1.32 bits per heavy atom. The summed E-state index contributed by atoms with van der Waals surface area (Å²) in [5.41, 5.74) is 1.12. The van der Waals surface area contributed by atoms with Gasteiger partial charge in [-0.1, -0.05) is 20.3 Å². The van der Waals surface area contributed by atoms with E-state index in [4.69, 9.17) is 4.74 Å².